The first-order valence-corrected chi connectivity index (χ1v) is 4.93. The highest BCUT2D eigenvalue weighted by Crippen LogP contribution is 2.02. The normalized spacial score (nSPS) is 10.5. The molecule has 0 radical (unpaired) electrons. The summed E-state index contributed by atoms with van der Waals surface area (Å²) >= 11 is 0. The molecule has 1 N–H and O–H groups in total. The van der Waals surface area contributed by atoms with Crippen LogP contribution in [0.1, 0.15) is 39.5 Å². The van der Waals surface area contributed by atoms with Crippen molar-refractivity contribution in [3.8, 4) is 0 Å². The Hall–Kier alpha value is -0.570. The molecule has 0 heterocycles. The van der Waals surface area contributed by atoms with E-state index >= 15 is 0 Å². The molecular weight excluding hydrogens is 168 g/mol. The lowest BCUT2D eigenvalue weighted by Crippen LogP contribution is -2.09. The van der Waals surface area contributed by atoms with Crippen molar-refractivity contribution in [3.63, 3.8) is 0 Å². The minimum atomic E-state index is -0.119. The number of hydrogen-bond acceptors (Lipinski definition) is 3. The van der Waals surface area contributed by atoms with E-state index in [2.05, 4.69) is 0 Å². The van der Waals surface area contributed by atoms with Gasteiger partial charge in [-0.05, 0) is 18.8 Å². The average molecular weight is 188 g/mol. The van der Waals surface area contributed by atoms with Gasteiger partial charge in [-0.15, -0.1) is 0 Å². The van der Waals surface area contributed by atoms with Gasteiger partial charge in [0.2, 0.25) is 0 Å². The summed E-state index contributed by atoms with van der Waals surface area (Å²) in [7, 11) is 0. The number of aliphatic hydroxyl groups is 1. The quantitative estimate of drug-likeness (QED) is 0.489. The topological polar surface area (TPSA) is 46.5 Å². The van der Waals surface area contributed by atoms with Crippen LogP contribution in [0, 0.1) is 5.92 Å². The summed E-state index contributed by atoms with van der Waals surface area (Å²) in [6.45, 7) is 4.75. The highest BCUT2D eigenvalue weighted by molar-refractivity contribution is 5.69. The molecule has 0 saturated heterocycles. The Morgan fingerprint density at radius 3 is 2.54 bits per heavy atom. The minimum Gasteiger partial charge on any atom is -0.465 e. The smallest absolute Gasteiger partial charge is 0.305 e. The summed E-state index contributed by atoms with van der Waals surface area (Å²) in [6, 6.07) is 0. The Balaban J connectivity index is 3.20. The number of hydrogen-bond donors (Lipinski definition) is 1. The molecule has 0 fully saturated rings. The van der Waals surface area contributed by atoms with Gasteiger partial charge in [-0.2, -0.15) is 0 Å². The maximum absolute atomic E-state index is 11.0. The highest BCUT2D eigenvalue weighted by atomic mass is 16.5. The summed E-state index contributed by atoms with van der Waals surface area (Å²) in [5.41, 5.74) is 0. The van der Waals surface area contributed by atoms with Gasteiger partial charge in [0.25, 0.3) is 0 Å². The lowest BCUT2D eigenvalue weighted by atomic mass is 10.2. The Labute approximate surface area is 80.1 Å². The van der Waals surface area contributed by atoms with Crippen LogP contribution in [0.25, 0.3) is 0 Å². The average Bonchev–Trinajstić information content (AvgIpc) is 2.09. The molecule has 0 atom stereocenters. The van der Waals surface area contributed by atoms with Crippen molar-refractivity contribution in [3.05, 3.63) is 0 Å². The number of rotatable bonds is 7. The zero-order valence-electron chi connectivity index (χ0n) is 8.58. The number of carbonyl (C=O) groups excluding carboxylic acids is 1. The number of esters is 1. The molecule has 78 valence electrons. The van der Waals surface area contributed by atoms with Gasteiger partial charge >= 0.3 is 5.97 Å². The molecule has 13 heavy (non-hydrogen) atoms. The van der Waals surface area contributed by atoms with Gasteiger partial charge in [-0.1, -0.05) is 20.3 Å². The van der Waals surface area contributed by atoms with Crippen molar-refractivity contribution in [2.75, 3.05) is 13.2 Å². The van der Waals surface area contributed by atoms with E-state index in [0.29, 0.717) is 18.9 Å². The SMILES string of the molecule is CC(C)COC(=O)CCCCCO. The first-order valence-electron chi connectivity index (χ1n) is 4.93. The standard InChI is InChI=1S/C10H20O3/c1-9(2)8-13-10(12)6-4-3-5-7-11/h9,11H,3-8H2,1-2H3. The fourth-order valence-corrected chi connectivity index (χ4v) is 0.890. The maximum atomic E-state index is 11.0. The lowest BCUT2D eigenvalue weighted by molar-refractivity contribution is -0.144. The van der Waals surface area contributed by atoms with Crippen LogP contribution in [0.3, 0.4) is 0 Å². The third kappa shape index (κ3) is 9.34. The van der Waals surface area contributed by atoms with Gasteiger partial charge in [0.15, 0.2) is 0 Å². The van der Waals surface area contributed by atoms with Crippen LogP contribution in [-0.4, -0.2) is 24.3 Å². The molecule has 0 aromatic carbocycles. The second kappa shape index (κ2) is 8.05. The fourth-order valence-electron chi connectivity index (χ4n) is 0.890. The molecule has 0 aliphatic carbocycles. The Bertz CT molecular complexity index is 132. The Morgan fingerprint density at radius 1 is 1.31 bits per heavy atom. The van der Waals surface area contributed by atoms with Crippen LogP contribution in [0.5, 0.6) is 0 Å². The van der Waals surface area contributed by atoms with Crippen LogP contribution >= 0.6 is 0 Å². The van der Waals surface area contributed by atoms with E-state index in [1.54, 1.807) is 0 Å². The molecule has 3 nitrogen and oxygen atoms in total. The van der Waals surface area contributed by atoms with E-state index in [1.165, 1.54) is 0 Å². The first-order chi connectivity index (χ1) is 6.16. The van der Waals surface area contributed by atoms with Crippen molar-refractivity contribution < 1.29 is 14.6 Å². The van der Waals surface area contributed by atoms with Gasteiger partial charge in [-0.25, -0.2) is 0 Å². The van der Waals surface area contributed by atoms with Crippen LogP contribution in [0.2, 0.25) is 0 Å². The van der Waals surface area contributed by atoms with Crippen LogP contribution in [0.4, 0.5) is 0 Å². The van der Waals surface area contributed by atoms with Crippen LogP contribution in [0.15, 0.2) is 0 Å². The van der Waals surface area contributed by atoms with Crippen molar-refractivity contribution in [2.24, 2.45) is 5.92 Å². The van der Waals surface area contributed by atoms with Gasteiger partial charge in [0.05, 0.1) is 6.61 Å². The van der Waals surface area contributed by atoms with E-state index in [-0.39, 0.29) is 12.6 Å². The van der Waals surface area contributed by atoms with Crippen molar-refractivity contribution >= 4 is 5.97 Å². The van der Waals surface area contributed by atoms with Crippen LogP contribution < -0.4 is 0 Å². The molecule has 0 aliphatic heterocycles. The molecular formula is C10H20O3. The predicted molar refractivity (Wildman–Crippen MR) is 51.4 cm³/mol. The molecule has 3 heteroatoms. The zero-order chi connectivity index (χ0) is 10.1. The molecule has 0 spiro atoms. The summed E-state index contributed by atoms with van der Waals surface area (Å²) in [4.78, 5) is 11.0. The Kier molecular flexibility index (Phi) is 7.69. The predicted octanol–water partition coefficient (Wildman–Crippen LogP) is 1.74. The van der Waals surface area contributed by atoms with Gasteiger partial charge in [0, 0.05) is 13.0 Å². The van der Waals surface area contributed by atoms with E-state index in [1.807, 2.05) is 13.8 Å². The molecule has 0 rings (SSSR count). The number of carbonyl (C=O) groups is 1. The minimum absolute atomic E-state index is 0.119. The van der Waals surface area contributed by atoms with Crippen molar-refractivity contribution in [1.29, 1.82) is 0 Å². The molecule has 0 aliphatic rings. The fraction of sp³-hybridized carbons (Fsp3) is 0.900. The molecule has 0 aromatic heterocycles. The lowest BCUT2D eigenvalue weighted by Gasteiger charge is -2.06. The molecule has 0 aromatic rings. The van der Waals surface area contributed by atoms with E-state index in [4.69, 9.17) is 9.84 Å². The molecule has 0 amide bonds. The Morgan fingerprint density at radius 2 is 2.00 bits per heavy atom. The molecule has 0 unspecified atom stereocenters. The summed E-state index contributed by atoms with van der Waals surface area (Å²) in [5.74, 6) is 0.285. The third-order valence-corrected chi connectivity index (χ3v) is 1.62. The summed E-state index contributed by atoms with van der Waals surface area (Å²) in [6.07, 6.45) is 2.97. The first kappa shape index (κ1) is 12.4. The number of ether oxygens (including phenoxy) is 1. The second-order valence-corrected chi connectivity index (χ2v) is 3.61. The van der Waals surface area contributed by atoms with Crippen LogP contribution in [-0.2, 0) is 9.53 Å². The number of aliphatic hydroxyl groups excluding tert-OH is 1. The monoisotopic (exact) mass is 188 g/mol. The van der Waals surface area contributed by atoms with Gasteiger partial charge in [0.1, 0.15) is 0 Å². The third-order valence-electron chi connectivity index (χ3n) is 1.62. The zero-order valence-corrected chi connectivity index (χ0v) is 8.58. The van der Waals surface area contributed by atoms with E-state index < -0.39 is 0 Å². The van der Waals surface area contributed by atoms with Gasteiger partial charge < -0.3 is 9.84 Å². The maximum Gasteiger partial charge on any atom is 0.305 e. The highest BCUT2D eigenvalue weighted by Gasteiger charge is 2.03. The van der Waals surface area contributed by atoms with Crippen molar-refractivity contribution in [1.82, 2.24) is 0 Å². The van der Waals surface area contributed by atoms with E-state index in [9.17, 15) is 4.79 Å². The second-order valence-electron chi connectivity index (χ2n) is 3.61. The van der Waals surface area contributed by atoms with E-state index in [0.717, 1.165) is 19.3 Å². The summed E-state index contributed by atoms with van der Waals surface area (Å²) in [5, 5.41) is 8.49. The van der Waals surface area contributed by atoms with Crippen molar-refractivity contribution in [2.45, 2.75) is 39.5 Å². The van der Waals surface area contributed by atoms with Gasteiger partial charge in [-0.3, -0.25) is 4.79 Å². The molecule has 0 saturated carbocycles. The number of unbranched alkanes of at least 4 members (excludes halogenated alkanes) is 2. The summed E-state index contributed by atoms with van der Waals surface area (Å²) < 4.78 is 4.98. The molecule has 0 bridgehead atoms. The largest absolute Gasteiger partial charge is 0.465 e.